The van der Waals surface area contributed by atoms with Crippen LogP contribution in [0.25, 0.3) is 0 Å². The zero-order chi connectivity index (χ0) is 10.6. The highest BCUT2D eigenvalue weighted by molar-refractivity contribution is 7.10. The van der Waals surface area contributed by atoms with Gasteiger partial charge in [-0.25, -0.2) is 8.78 Å². The number of alkyl halides is 2. The normalized spacial score (nSPS) is 15.8. The average Bonchev–Trinajstić information content (AvgIpc) is 2.66. The molecule has 0 saturated carbocycles. The Kier molecular flexibility index (Phi) is 4.48. The molecule has 0 aromatic carbocycles. The van der Waals surface area contributed by atoms with Gasteiger partial charge in [-0.15, -0.1) is 11.3 Å². The number of halogens is 2. The van der Waals surface area contributed by atoms with E-state index >= 15 is 0 Å². The molecule has 0 fully saturated rings. The molecule has 0 aliphatic carbocycles. The summed E-state index contributed by atoms with van der Waals surface area (Å²) in [5.41, 5.74) is 0. The largest absolute Gasteiger partial charge is 0.301 e. The minimum absolute atomic E-state index is 0.0546. The van der Waals surface area contributed by atoms with E-state index in [2.05, 4.69) is 5.32 Å². The van der Waals surface area contributed by atoms with Crippen molar-refractivity contribution >= 4 is 11.3 Å². The number of rotatable bonds is 5. The minimum Gasteiger partial charge on any atom is -0.301 e. The molecule has 1 heterocycles. The Morgan fingerprint density at radius 1 is 1.50 bits per heavy atom. The van der Waals surface area contributed by atoms with Crippen molar-refractivity contribution in [1.29, 1.82) is 0 Å². The first-order chi connectivity index (χ1) is 6.65. The molecule has 4 heteroatoms. The molecule has 1 aromatic heterocycles. The van der Waals surface area contributed by atoms with Crippen molar-refractivity contribution in [1.82, 2.24) is 5.32 Å². The van der Waals surface area contributed by atoms with Crippen LogP contribution in [0.5, 0.6) is 0 Å². The van der Waals surface area contributed by atoms with Crippen molar-refractivity contribution in [2.24, 2.45) is 0 Å². The first-order valence-corrected chi connectivity index (χ1v) is 5.60. The highest BCUT2D eigenvalue weighted by Gasteiger charge is 2.19. The molecule has 0 radical (unpaired) electrons. The molecule has 2 unspecified atom stereocenters. The molecular weight excluding hydrogens is 204 g/mol. The molecule has 0 saturated heterocycles. The maximum Gasteiger partial charge on any atom is 0.253 e. The number of thiophene rings is 1. The van der Waals surface area contributed by atoms with Crippen molar-refractivity contribution in [3.05, 3.63) is 22.4 Å². The molecule has 14 heavy (non-hydrogen) atoms. The van der Waals surface area contributed by atoms with E-state index in [-0.39, 0.29) is 6.04 Å². The maximum atomic E-state index is 12.3. The topological polar surface area (TPSA) is 12.0 Å². The standard InChI is InChI=1S/C10H15F2NS/c1-3-8(9-5-4-6-14-9)13-7(2)10(11)12/h4-8,10,13H,3H2,1-2H3. The second-order valence-corrected chi connectivity index (χ2v) is 4.25. The molecular formula is C10H15F2NS. The molecule has 2 atom stereocenters. The summed E-state index contributed by atoms with van der Waals surface area (Å²) in [6.07, 6.45) is -1.47. The van der Waals surface area contributed by atoms with Crippen LogP contribution in [0.1, 0.15) is 31.2 Å². The van der Waals surface area contributed by atoms with Gasteiger partial charge in [-0.2, -0.15) is 0 Å². The lowest BCUT2D eigenvalue weighted by Crippen LogP contribution is -2.35. The van der Waals surface area contributed by atoms with E-state index in [0.717, 1.165) is 11.3 Å². The van der Waals surface area contributed by atoms with Gasteiger partial charge in [-0.1, -0.05) is 13.0 Å². The van der Waals surface area contributed by atoms with E-state index in [9.17, 15) is 8.78 Å². The van der Waals surface area contributed by atoms with Gasteiger partial charge in [0.1, 0.15) is 0 Å². The lowest BCUT2D eigenvalue weighted by molar-refractivity contribution is 0.0997. The van der Waals surface area contributed by atoms with Gasteiger partial charge < -0.3 is 5.32 Å². The predicted octanol–water partition coefficient (Wildman–Crippen LogP) is 3.44. The van der Waals surface area contributed by atoms with Crippen molar-refractivity contribution in [2.75, 3.05) is 0 Å². The summed E-state index contributed by atoms with van der Waals surface area (Å²) in [6, 6.07) is 3.22. The van der Waals surface area contributed by atoms with E-state index in [1.807, 2.05) is 24.4 Å². The van der Waals surface area contributed by atoms with Crippen LogP contribution in [0.2, 0.25) is 0 Å². The van der Waals surface area contributed by atoms with E-state index < -0.39 is 12.5 Å². The Labute approximate surface area is 87.1 Å². The molecule has 0 bridgehead atoms. The van der Waals surface area contributed by atoms with E-state index in [4.69, 9.17) is 0 Å². The van der Waals surface area contributed by atoms with Crippen LogP contribution in [0.15, 0.2) is 17.5 Å². The molecule has 0 aliphatic heterocycles. The van der Waals surface area contributed by atoms with Crippen molar-refractivity contribution in [3.8, 4) is 0 Å². The van der Waals surface area contributed by atoms with Gasteiger partial charge in [0.05, 0.1) is 6.04 Å². The van der Waals surface area contributed by atoms with Gasteiger partial charge in [-0.05, 0) is 24.8 Å². The fraction of sp³-hybridized carbons (Fsp3) is 0.600. The Morgan fingerprint density at radius 2 is 2.21 bits per heavy atom. The monoisotopic (exact) mass is 219 g/mol. The Balaban J connectivity index is 2.56. The van der Waals surface area contributed by atoms with Crippen molar-refractivity contribution in [3.63, 3.8) is 0 Å². The second kappa shape index (κ2) is 5.41. The third kappa shape index (κ3) is 3.03. The fourth-order valence-electron chi connectivity index (χ4n) is 1.28. The zero-order valence-electron chi connectivity index (χ0n) is 8.34. The fourth-order valence-corrected chi connectivity index (χ4v) is 2.15. The summed E-state index contributed by atoms with van der Waals surface area (Å²) in [7, 11) is 0. The molecule has 1 rings (SSSR count). The van der Waals surface area contributed by atoms with Gasteiger partial charge in [0, 0.05) is 10.9 Å². The van der Waals surface area contributed by atoms with E-state index in [0.29, 0.717) is 0 Å². The van der Waals surface area contributed by atoms with Crippen LogP contribution in [0.3, 0.4) is 0 Å². The van der Waals surface area contributed by atoms with Crippen molar-refractivity contribution in [2.45, 2.75) is 38.8 Å². The lowest BCUT2D eigenvalue weighted by atomic mass is 10.1. The Hall–Kier alpha value is -0.480. The van der Waals surface area contributed by atoms with Crippen LogP contribution in [0, 0.1) is 0 Å². The quantitative estimate of drug-likeness (QED) is 0.800. The number of hydrogen-bond acceptors (Lipinski definition) is 2. The van der Waals surface area contributed by atoms with Gasteiger partial charge in [0.25, 0.3) is 6.43 Å². The number of nitrogens with one attached hydrogen (secondary N) is 1. The van der Waals surface area contributed by atoms with Gasteiger partial charge >= 0.3 is 0 Å². The Morgan fingerprint density at radius 3 is 2.64 bits per heavy atom. The van der Waals surface area contributed by atoms with E-state index in [1.165, 1.54) is 6.92 Å². The van der Waals surface area contributed by atoms with Gasteiger partial charge in [0.2, 0.25) is 0 Å². The van der Waals surface area contributed by atoms with Crippen LogP contribution in [-0.4, -0.2) is 12.5 Å². The summed E-state index contributed by atoms with van der Waals surface area (Å²) >= 11 is 1.60. The minimum atomic E-state index is -2.30. The molecule has 0 spiro atoms. The number of hydrogen-bond donors (Lipinski definition) is 1. The first kappa shape index (κ1) is 11.6. The summed E-state index contributed by atoms with van der Waals surface area (Å²) in [6.45, 7) is 3.51. The summed E-state index contributed by atoms with van der Waals surface area (Å²) < 4.78 is 24.6. The SMILES string of the molecule is CCC(NC(C)C(F)F)c1cccs1. The molecule has 0 amide bonds. The lowest BCUT2D eigenvalue weighted by Gasteiger charge is -2.20. The first-order valence-electron chi connectivity index (χ1n) is 4.72. The summed E-state index contributed by atoms with van der Waals surface area (Å²) in [4.78, 5) is 1.13. The molecule has 80 valence electrons. The van der Waals surface area contributed by atoms with Crippen LogP contribution in [0.4, 0.5) is 8.78 Å². The Bertz CT molecular complexity index is 249. The average molecular weight is 219 g/mol. The molecule has 1 nitrogen and oxygen atoms in total. The third-order valence-corrected chi connectivity index (χ3v) is 3.12. The van der Waals surface area contributed by atoms with E-state index in [1.54, 1.807) is 11.3 Å². The van der Waals surface area contributed by atoms with Gasteiger partial charge in [0.15, 0.2) is 0 Å². The summed E-state index contributed by atoms with van der Waals surface area (Å²) in [5, 5.41) is 4.89. The summed E-state index contributed by atoms with van der Waals surface area (Å²) in [5.74, 6) is 0. The highest BCUT2D eigenvalue weighted by Crippen LogP contribution is 2.22. The molecule has 1 N–H and O–H groups in total. The predicted molar refractivity (Wildman–Crippen MR) is 56.0 cm³/mol. The molecule has 0 aliphatic rings. The van der Waals surface area contributed by atoms with Crippen LogP contribution < -0.4 is 5.32 Å². The smallest absolute Gasteiger partial charge is 0.253 e. The third-order valence-electron chi connectivity index (χ3n) is 2.14. The highest BCUT2D eigenvalue weighted by atomic mass is 32.1. The van der Waals surface area contributed by atoms with Crippen LogP contribution >= 0.6 is 11.3 Å². The van der Waals surface area contributed by atoms with Crippen molar-refractivity contribution < 1.29 is 8.78 Å². The van der Waals surface area contributed by atoms with Gasteiger partial charge in [-0.3, -0.25) is 0 Å². The maximum absolute atomic E-state index is 12.3. The van der Waals surface area contributed by atoms with Crippen LogP contribution in [-0.2, 0) is 0 Å². The second-order valence-electron chi connectivity index (χ2n) is 3.27. The zero-order valence-corrected chi connectivity index (χ0v) is 9.15. The molecule has 1 aromatic rings.